The van der Waals surface area contributed by atoms with Gasteiger partial charge >= 0.3 is 0 Å². The number of aromatic nitrogens is 3. The molecule has 0 bridgehead atoms. The lowest BCUT2D eigenvalue weighted by Gasteiger charge is -2.14. The van der Waals surface area contributed by atoms with Crippen LogP contribution in [0.15, 0.2) is 30.5 Å². The van der Waals surface area contributed by atoms with Gasteiger partial charge in [0.1, 0.15) is 11.3 Å². The van der Waals surface area contributed by atoms with Gasteiger partial charge in [0.25, 0.3) is 0 Å². The third-order valence-electron chi connectivity index (χ3n) is 3.20. The van der Waals surface area contributed by atoms with Crippen molar-refractivity contribution in [3.63, 3.8) is 0 Å². The van der Waals surface area contributed by atoms with Gasteiger partial charge in [-0.3, -0.25) is 0 Å². The van der Waals surface area contributed by atoms with Crippen molar-refractivity contribution >= 4 is 34.1 Å². The molecule has 0 saturated carbocycles. The molecule has 3 rings (SSSR count). The number of thiophene rings is 1. The first-order valence-electron chi connectivity index (χ1n) is 6.15. The molecule has 0 aliphatic carbocycles. The van der Waals surface area contributed by atoms with E-state index in [2.05, 4.69) is 40.5 Å². The number of halogens is 1. The van der Waals surface area contributed by atoms with Gasteiger partial charge in [-0.1, -0.05) is 0 Å². The van der Waals surface area contributed by atoms with Gasteiger partial charge in [-0.15, -0.1) is 22.9 Å². The Balaban J connectivity index is 2.17. The first-order chi connectivity index (χ1) is 9.20. The number of hydrogen-bond acceptors (Lipinski definition) is 3. The number of imidazole rings is 1. The highest BCUT2D eigenvalue weighted by Crippen LogP contribution is 2.29. The molecule has 0 amide bonds. The molecule has 3 aromatic heterocycles. The molecule has 0 fully saturated rings. The fraction of sp³-hybridized carbons (Fsp3) is 0.286. The highest BCUT2D eigenvalue weighted by atomic mass is 35.5. The molecule has 1 atom stereocenters. The van der Waals surface area contributed by atoms with Gasteiger partial charge in [0, 0.05) is 16.0 Å². The molecule has 1 unspecified atom stereocenters. The maximum Gasteiger partial charge on any atom is 0.160 e. The first-order valence-corrected chi connectivity index (χ1v) is 7.50. The van der Waals surface area contributed by atoms with E-state index in [1.54, 1.807) is 17.5 Å². The van der Waals surface area contributed by atoms with Crippen molar-refractivity contribution < 1.29 is 0 Å². The SMILES string of the molecule is Cc1ccc(C(C)n2c(CCl)nc3cccnc32)s1. The van der Waals surface area contributed by atoms with Crippen LogP contribution < -0.4 is 0 Å². The zero-order chi connectivity index (χ0) is 13.4. The smallest absolute Gasteiger partial charge is 0.160 e. The van der Waals surface area contributed by atoms with Gasteiger partial charge in [0.15, 0.2) is 5.65 Å². The van der Waals surface area contributed by atoms with Crippen LogP contribution in [0.2, 0.25) is 0 Å². The Morgan fingerprint density at radius 3 is 2.89 bits per heavy atom. The van der Waals surface area contributed by atoms with Gasteiger partial charge in [0.05, 0.1) is 11.9 Å². The summed E-state index contributed by atoms with van der Waals surface area (Å²) in [6, 6.07) is 8.38. The minimum atomic E-state index is 0.201. The van der Waals surface area contributed by atoms with Crippen LogP contribution in [-0.2, 0) is 5.88 Å². The van der Waals surface area contributed by atoms with Gasteiger partial charge in [-0.05, 0) is 38.1 Å². The maximum absolute atomic E-state index is 6.03. The number of aryl methyl sites for hydroxylation is 1. The molecule has 0 aliphatic heterocycles. The first kappa shape index (κ1) is 12.6. The molecule has 0 N–H and O–H groups in total. The summed E-state index contributed by atoms with van der Waals surface area (Å²) >= 11 is 7.83. The lowest BCUT2D eigenvalue weighted by molar-refractivity contribution is 0.639. The van der Waals surface area contributed by atoms with E-state index >= 15 is 0 Å². The summed E-state index contributed by atoms with van der Waals surface area (Å²) in [6.07, 6.45) is 1.80. The van der Waals surface area contributed by atoms with E-state index in [1.807, 2.05) is 12.1 Å². The van der Waals surface area contributed by atoms with E-state index in [9.17, 15) is 0 Å². The summed E-state index contributed by atoms with van der Waals surface area (Å²) in [5.74, 6) is 1.26. The second-order valence-electron chi connectivity index (χ2n) is 4.50. The van der Waals surface area contributed by atoms with E-state index < -0.39 is 0 Å². The molecule has 98 valence electrons. The minimum absolute atomic E-state index is 0.201. The van der Waals surface area contributed by atoms with Crippen LogP contribution in [0.4, 0.5) is 0 Å². The zero-order valence-corrected chi connectivity index (χ0v) is 12.4. The van der Waals surface area contributed by atoms with E-state index in [4.69, 9.17) is 11.6 Å². The van der Waals surface area contributed by atoms with Crippen molar-refractivity contribution in [2.75, 3.05) is 0 Å². The summed E-state index contributed by atoms with van der Waals surface area (Å²) in [5, 5.41) is 0. The molecular weight excluding hydrogens is 278 g/mol. The third-order valence-corrected chi connectivity index (χ3v) is 4.61. The number of pyridine rings is 1. The summed E-state index contributed by atoms with van der Waals surface area (Å²) in [6.45, 7) is 4.28. The topological polar surface area (TPSA) is 30.7 Å². The number of nitrogens with zero attached hydrogens (tertiary/aromatic N) is 3. The molecule has 0 radical (unpaired) electrons. The molecule has 0 saturated heterocycles. The van der Waals surface area contributed by atoms with Gasteiger partial charge in [-0.2, -0.15) is 0 Å². The van der Waals surface area contributed by atoms with Gasteiger partial charge in [0.2, 0.25) is 0 Å². The molecule has 5 heteroatoms. The second kappa shape index (κ2) is 4.94. The Morgan fingerprint density at radius 2 is 2.21 bits per heavy atom. The number of hydrogen-bond donors (Lipinski definition) is 0. The standard InChI is InChI=1S/C14H14ClN3S/c1-9-5-6-12(19-9)10(2)18-13(8-15)17-11-4-3-7-16-14(11)18/h3-7,10H,8H2,1-2H3. The van der Waals surface area contributed by atoms with Crippen molar-refractivity contribution in [1.82, 2.24) is 14.5 Å². The number of alkyl halides is 1. The summed E-state index contributed by atoms with van der Waals surface area (Å²) in [4.78, 5) is 11.6. The average molecular weight is 292 g/mol. The van der Waals surface area contributed by atoms with E-state index in [1.165, 1.54) is 9.75 Å². The van der Waals surface area contributed by atoms with Crippen LogP contribution in [0.25, 0.3) is 11.2 Å². The van der Waals surface area contributed by atoms with Crippen LogP contribution in [0, 0.1) is 6.92 Å². The average Bonchev–Trinajstić information content (AvgIpc) is 3.01. The van der Waals surface area contributed by atoms with Gasteiger partial charge < -0.3 is 4.57 Å². The highest BCUT2D eigenvalue weighted by Gasteiger charge is 2.18. The fourth-order valence-corrected chi connectivity index (χ4v) is 3.39. The Bertz CT molecular complexity index is 716. The molecule has 3 nitrogen and oxygen atoms in total. The predicted octanol–water partition coefficient (Wildman–Crippen LogP) is 4.15. The molecule has 3 heterocycles. The van der Waals surface area contributed by atoms with Crippen LogP contribution in [-0.4, -0.2) is 14.5 Å². The maximum atomic E-state index is 6.03. The van der Waals surface area contributed by atoms with E-state index in [0.29, 0.717) is 5.88 Å². The molecule has 3 aromatic rings. The normalized spacial score (nSPS) is 13.0. The van der Waals surface area contributed by atoms with Crippen LogP contribution in [0.3, 0.4) is 0 Å². The molecule has 19 heavy (non-hydrogen) atoms. The lowest BCUT2D eigenvalue weighted by Crippen LogP contribution is -2.09. The van der Waals surface area contributed by atoms with Crippen molar-refractivity contribution in [2.45, 2.75) is 25.8 Å². The Labute approximate surface area is 120 Å². The largest absolute Gasteiger partial charge is 0.304 e. The number of rotatable bonds is 3. The molecule has 0 aliphatic rings. The zero-order valence-electron chi connectivity index (χ0n) is 10.8. The fourth-order valence-electron chi connectivity index (χ4n) is 2.28. The monoisotopic (exact) mass is 291 g/mol. The van der Waals surface area contributed by atoms with Crippen LogP contribution in [0.1, 0.15) is 28.5 Å². The molecular formula is C14H14ClN3S. The highest BCUT2D eigenvalue weighted by molar-refractivity contribution is 7.12. The Morgan fingerprint density at radius 1 is 1.37 bits per heavy atom. The van der Waals surface area contributed by atoms with Crippen molar-refractivity contribution in [3.05, 3.63) is 46.0 Å². The Kier molecular flexibility index (Phi) is 3.29. The minimum Gasteiger partial charge on any atom is -0.304 e. The molecule has 0 aromatic carbocycles. The third kappa shape index (κ3) is 2.15. The quantitative estimate of drug-likeness (QED) is 0.679. The Hall–Kier alpha value is -1.39. The molecule has 0 spiro atoms. The van der Waals surface area contributed by atoms with Crippen molar-refractivity contribution in [2.24, 2.45) is 0 Å². The van der Waals surface area contributed by atoms with Crippen molar-refractivity contribution in [3.8, 4) is 0 Å². The van der Waals surface area contributed by atoms with Crippen LogP contribution in [0.5, 0.6) is 0 Å². The lowest BCUT2D eigenvalue weighted by atomic mass is 10.2. The summed E-state index contributed by atoms with van der Waals surface area (Å²) in [7, 11) is 0. The van der Waals surface area contributed by atoms with Crippen LogP contribution >= 0.6 is 22.9 Å². The second-order valence-corrected chi connectivity index (χ2v) is 6.09. The number of fused-ring (bicyclic) bond motifs is 1. The van der Waals surface area contributed by atoms with E-state index in [-0.39, 0.29) is 6.04 Å². The van der Waals surface area contributed by atoms with Crippen molar-refractivity contribution in [1.29, 1.82) is 0 Å². The van der Waals surface area contributed by atoms with E-state index in [0.717, 1.165) is 17.0 Å². The summed E-state index contributed by atoms with van der Waals surface area (Å²) in [5.41, 5.74) is 1.80. The van der Waals surface area contributed by atoms with Gasteiger partial charge in [-0.25, -0.2) is 9.97 Å². The predicted molar refractivity (Wildman–Crippen MR) is 80.0 cm³/mol. The summed E-state index contributed by atoms with van der Waals surface area (Å²) < 4.78 is 2.13.